The Morgan fingerprint density at radius 3 is 2.73 bits per heavy atom. The summed E-state index contributed by atoms with van der Waals surface area (Å²) < 4.78 is 5.45. The summed E-state index contributed by atoms with van der Waals surface area (Å²) in [5.74, 6) is -0.328. The second-order valence-corrected chi connectivity index (χ2v) is 7.48. The first kappa shape index (κ1) is 20.3. The Labute approximate surface area is 177 Å². The number of fused-ring (bicyclic) bond motifs is 1. The fourth-order valence-corrected chi connectivity index (χ4v) is 4.03. The molecule has 2 aromatic carbocycles. The van der Waals surface area contributed by atoms with Gasteiger partial charge in [0, 0.05) is 36.1 Å². The third-order valence-corrected chi connectivity index (χ3v) is 5.63. The van der Waals surface area contributed by atoms with E-state index in [1.807, 2.05) is 24.3 Å². The van der Waals surface area contributed by atoms with E-state index in [0.29, 0.717) is 35.7 Å². The van der Waals surface area contributed by atoms with Crippen molar-refractivity contribution in [3.05, 3.63) is 74.9 Å². The number of morpholine rings is 1. The number of halogens is 1. The van der Waals surface area contributed by atoms with Gasteiger partial charge < -0.3 is 15.0 Å². The molecule has 1 amide bonds. The number of aromatic nitrogens is 1. The monoisotopic (exact) mass is 428 g/mol. The molecule has 0 spiro atoms. The van der Waals surface area contributed by atoms with Crippen molar-refractivity contribution in [1.82, 2.24) is 15.2 Å². The highest BCUT2D eigenvalue weighted by Crippen LogP contribution is 2.28. The summed E-state index contributed by atoms with van der Waals surface area (Å²) in [4.78, 5) is 28.7. The van der Waals surface area contributed by atoms with Gasteiger partial charge >= 0.3 is 0 Å². The summed E-state index contributed by atoms with van der Waals surface area (Å²) in [6, 6.07) is 13.8. The molecule has 1 aliphatic rings. The molecule has 30 heavy (non-hydrogen) atoms. The van der Waals surface area contributed by atoms with Gasteiger partial charge in [-0.05, 0) is 17.7 Å². The number of carbonyl (C=O) groups excluding carboxylic acids is 1. The number of aromatic amines is 1. The highest BCUT2D eigenvalue weighted by Gasteiger charge is 2.25. The zero-order valence-electron chi connectivity index (χ0n) is 16.1. The van der Waals surface area contributed by atoms with Crippen LogP contribution in [0.4, 0.5) is 5.69 Å². The van der Waals surface area contributed by atoms with Crippen molar-refractivity contribution in [2.45, 2.75) is 6.04 Å². The minimum absolute atomic E-state index is 0.0613. The lowest BCUT2D eigenvalue weighted by Crippen LogP contribution is -2.44. The lowest BCUT2D eigenvalue weighted by atomic mass is 10.0. The van der Waals surface area contributed by atoms with E-state index < -0.39 is 4.92 Å². The van der Waals surface area contributed by atoms with Crippen molar-refractivity contribution in [3.8, 4) is 0 Å². The predicted octanol–water partition coefficient (Wildman–Crippen LogP) is 3.53. The topological polar surface area (TPSA) is 100 Å². The number of hydrogen-bond acceptors (Lipinski definition) is 5. The number of rotatable bonds is 6. The fourth-order valence-electron chi connectivity index (χ4n) is 3.77. The van der Waals surface area contributed by atoms with E-state index >= 15 is 0 Å². The number of para-hydroxylation sites is 1. The van der Waals surface area contributed by atoms with Crippen LogP contribution in [0.1, 0.15) is 22.1 Å². The van der Waals surface area contributed by atoms with Crippen LogP contribution in [-0.2, 0) is 4.74 Å². The van der Waals surface area contributed by atoms with Gasteiger partial charge in [0.15, 0.2) is 0 Å². The molecule has 0 radical (unpaired) electrons. The largest absolute Gasteiger partial charge is 0.379 e. The van der Waals surface area contributed by atoms with E-state index in [4.69, 9.17) is 16.3 Å². The number of H-pyrrole nitrogens is 1. The summed E-state index contributed by atoms with van der Waals surface area (Å²) in [5.41, 5.74) is 1.49. The highest BCUT2D eigenvalue weighted by molar-refractivity contribution is 6.31. The average Bonchev–Trinajstić information content (AvgIpc) is 3.20. The Balaban J connectivity index is 1.55. The van der Waals surface area contributed by atoms with Crippen molar-refractivity contribution in [2.24, 2.45) is 0 Å². The molecule has 2 N–H and O–H groups in total. The number of carbonyl (C=O) groups is 1. The molecule has 1 aromatic heterocycles. The van der Waals surface area contributed by atoms with Gasteiger partial charge in [-0.25, -0.2) is 0 Å². The van der Waals surface area contributed by atoms with E-state index in [-0.39, 0.29) is 23.3 Å². The van der Waals surface area contributed by atoms with E-state index in [9.17, 15) is 14.9 Å². The summed E-state index contributed by atoms with van der Waals surface area (Å²) in [5, 5.41) is 15.4. The van der Waals surface area contributed by atoms with Crippen LogP contribution in [-0.4, -0.2) is 53.6 Å². The Kier molecular flexibility index (Phi) is 5.98. The van der Waals surface area contributed by atoms with Crippen LogP contribution in [0.2, 0.25) is 5.02 Å². The van der Waals surface area contributed by atoms with Crippen LogP contribution < -0.4 is 5.32 Å². The van der Waals surface area contributed by atoms with Crippen LogP contribution in [0.5, 0.6) is 0 Å². The number of amides is 1. The quantitative estimate of drug-likeness (QED) is 0.462. The average molecular weight is 429 g/mol. The molecule has 8 nitrogen and oxygen atoms in total. The first-order valence-electron chi connectivity index (χ1n) is 9.65. The maximum Gasteiger partial charge on any atom is 0.293 e. The van der Waals surface area contributed by atoms with Gasteiger partial charge in [0.2, 0.25) is 0 Å². The summed E-state index contributed by atoms with van der Waals surface area (Å²) in [7, 11) is 0. The molecule has 0 unspecified atom stereocenters. The number of non-ortho nitro benzene ring substituents is 1. The Bertz CT molecular complexity index is 1080. The number of nitro benzene ring substituents is 1. The van der Waals surface area contributed by atoms with Gasteiger partial charge in [-0.1, -0.05) is 41.9 Å². The van der Waals surface area contributed by atoms with E-state index in [1.165, 1.54) is 6.07 Å². The molecule has 1 atom stereocenters. The van der Waals surface area contributed by atoms with Gasteiger partial charge in [-0.2, -0.15) is 0 Å². The molecule has 2 heterocycles. The molecule has 0 aliphatic carbocycles. The minimum Gasteiger partial charge on any atom is -0.379 e. The minimum atomic E-state index is -0.466. The van der Waals surface area contributed by atoms with E-state index in [2.05, 4.69) is 15.2 Å². The smallest absolute Gasteiger partial charge is 0.293 e. The molecule has 0 bridgehead atoms. The zero-order valence-corrected chi connectivity index (χ0v) is 16.9. The van der Waals surface area contributed by atoms with Gasteiger partial charge in [0.25, 0.3) is 11.6 Å². The van der Waals surface area contributed by atoms with Crippen LogP contribution in [0.15, 0.2) is 48.5 Å². The third-order valence-electron chi connectivity index (χ3n) is 5.28. The normalized spacial score (nSPS) is 15.8. The molecule has 1 aliphatic heterocycles. The number of ether oxygens (including phenoxy) is 1. The van der Waals surface area contributed by atoms with Gasteiger partial charge in [-0.3, -0.25) is 19.8 Å². The maximum atomic E-state index is 12.8. The molecular weight excluding hydrogens is 408 g/mol. The molecule has 4 rings (SSSR count). The molecule has 1 fully saturated rings. The summed E-state index contributed by atoms with van der Waals surface area (Å²) in [6.45, 7) is 3.08. The standard InChI is InChI=1S/C21H21ClN4O4/c22-16-6-2-1-5-15(16)19(25-8-10-30-11-9-25)13-23-21(27)17-12-14-4-3-7-18(26(28)29)20(14)24-17/h1-7,12,19,24H,8-11,13H2,(H,23,27)/t19-/m0/s1. The molecular formula is C21H21ClN4O4. The Morgan fingerprint density at radius 1 is 1.23 bits per heavy atom. The maximum absolute atomic E-state index is 12.8. The summed E-state index contributed by atoms with van der Waals surface area (Å²) in [6.07, 6.45) is 0. The first-order chi connectivity index (χ1) is 14.5. The lowest BCUT2D eigenvalue weighted by molar-refractivity contribution is -0.383. The predicted molar refractivity (Wildman–Crippen MR) is 114 cm³/mol. The van der Waals surface area contributed by atoms with Gasteiger partial charge in [-0.15, -0.1) is 0 Å². The molecule has 156 valence electrons. The molecule has 3 aromatic rings. The molecule has 9 heteroatoms. The third kappa shape index (κ3) is 4.16. The van der Waals surface area contributed by atoms with E-state index in [1.54, 1.807) is 18.2 Å². The summed E-state index contributed by atoms with van der Waals surface area (Å²) >= 11 is 6.43. The lowest BCUT2D eigenvalue weighted by Gasteiger charge is -2.35. The molecule has 0 saturated carbocycles. The number of nitrogens with one attached hydrogen (secondary N) is 2. The van der Waals surface area contributed by atoms with Crippen molar-refractivity contribution < 1.29 is 14.5 Å². The second-order valence-electron chi connectivity index (χ2n) is 7.08. The highest BCUT2D eigenvalue weighted by atomic mass is 35.5. The number of nitrogens with zero attached hydrogens (tertiary/aromatic N) is 2. The Hall–Kier alpha value is -2.94. The van der Waals surface area contributed by atoms with Crippen molar-refractivity contribution >= 4 is 34.1 Å². The second kappa shape index (κ2) is 8.83. The zero-order chi connectivity index (χ0) is 21.1. The van der Waals surface area contributed by atoms with Gasteiger partial charge in [0.1, 0.15) is 11.2 Å². The van der Waals surface area contributed by atoms with Crippen LogP contribution in [0, 0.1) is 10.1 Å². The van der Waals surface area contributed by atoms with Crippen molar-refractivity contribution in [1.29, 1.82) is 0 Å². The van der Waals surface area contributed by atoms with Crippen molar-refractivity contribution in [3.63, 3.8) is 0 Å². The molecule has 1 saturated heterocycles. The number of hydrogen-bond donors (Lipinski definition) is 2. The SMILES string of the molecule is O=C(NC[C@@H](c1ccccc1Cl)N1CCOCC1)c1cc2cccc([N+](=O)[O-])c2[nH]1. The van der Waals surface area contributed by atoms with Crippen LogP contribution in [0.25, 0.3) is 10.9 Å². The van der Waals surface area contributed by atoms with Crippen LogP contribution >= 0.6 is 11.6 Å². The number of nitro groups is 1. The van der Waals surface area contributed by atoms with Gasteiger partial charge in [0.05, 0.1) is 24.2 Å². The van der Waals surface area contributed by atoms with Crippen molar-refractivity contribution in [2.75, 3.05) is 32.8 Å². The van der Waals surface area contributed by atoms with E-state index in [0.717, 1.165) is 18.7 Å². The number of benzene rings is 2. The fraction of sp³-hybridized carbons (Fsp3) is 0.286. The Morgan fingerprint density at radius 2 is 2.00 bits per heavy atom. The first-order valence-corrected chi connectivity index (χ1v) is 10.0. The van der Waals surface area contributed by atoms with Crippen LogP contribution in [0.3, 0.4) is 0 Å².